The maximum absolute atomic E-state index is 12.3. The highest BCUT2D eigenvalue weighted by molar-refractivity contribution is 8.13. The van der Waals surface area contributed by atoms with Crippen LogP contribution in [0.15, 0.2) is 30.3 Å². The minimum absolute atomic E-state index is 0.160. The van der Waals surface area contributed by atoms with Crippen LogP contribution in [-0.4, -0.2) is 37.8 Å². The fourth-order valence-electron chi connectivity index (χ4n) is 2.94. The first-order chi connectivity index (χ1) is 10.3. The molecule has 1 saturated carbocycles. The van der Waals surface area contributed by atoms with Gasteiger partial charge in [-0.15, -0.1) is 0 Å². The lowest BCUT2D eigenvalue weighted by Gasteiger charge is -2.37. The molecular formula is C15H20ClNO4S. The van der Waals surface area contributed by atoms with Gasteiger partial charge >= 0.3 is 6.09 Å². The van der Waals surface area contributed by atoms with E-state index in [1.165, 1.54) is 4.90 Å². The molecule has 1 fully saturated rings. The highest BCUT2D eigenvalue weighted by Gasteiger charge is 2.44. The van der Waals surface area contributed by atoms with Crippen molar-refractivity contribution < 1.29 is 17.9 Å². The predicted octanol–water partition coefficient (Wildman–Crippen LogP) is 3.14. The van der Waals surface area contributed by atoms with Gasteiger partial charge < -0.3 is 9.64 Å². The number of rotatable bonds is 5. The molecule has 0 heterocycles. The molecule has 1 aliphatic rings. The maximum Gasteiger partial charge on any atom is 0.410 e. The molecule has 7 heteroatoms. The van der Waals surface area contributed by atoms with Crippen LogP contribution >= 0.6 is 10.7 Å². The van der Waals surface area contributed by atoms with E-state index in [0.29, 0.717) is 12.8 Å². The van der Waals surface area contributed by atoms with Gasteiger partial charge in [0.05, 0.1) is 11.3 Å². The summed E-state index contributed by atoms with van der Waals surface area (Å²) in [5.74, 6) is -0.238. The lowest BCUT2D eigenvalue weighted by molar-refractivity contribution is 0.0680. The molecule has 1 aromatic rings. The van der Waals surface area contributed by atoms with Crippen molar-refractivity contribution in [2.45, 2.75) is 37.8 Å². The molecule has 1 aliphatic carbocycles. The number of carbonyl (C=O) groups excluding carboxylic acids is 1. The molecule has 1 aromatic carbocycles. The number of hydrogen-bond donors (Lipinski definition) is 0. The van der Waals surface area contributed by atoms with E-state index in [-0.39, 0.29) is 12.4 Å². The van der Waals surface area contributed by atoms with Crippen LogP contribution in [0.1, 0.15) is 31.2 Å². The Morgan fingerprint density at radius 1 is 1.27 bits per heavy atom. The van der Waals surface area contributed by atoms with Crippen molar-refractivity contribution in [2.24, 2.45) is 0 Å². The lowest BCUT2D eigenvalue weighted by Crippen LogP contribution is -2.51. The molecule has 1 amide bonds. The first kappa shape index (κ1) is 17.1. The first-order valence-electron chi connectivity index (χ1n) is 7.19. The lowest BCUT2D eigenvalue weighted by atomic mass is 9.99. The second-order valence-corrected chi connectivity index (χ2v) is 8.49. The van der Waals surface area contributed by atoms with Crippen molar-refractivity contribution in [3.8, 4) is 0 Å². The third-order valence-electron chi connectivity index (χ3n) is 4.17. The van der Waals surface area contributed by atoms with Crippen LogP contribution in [0.25, 0.3) is 0 Å². The van der Waals surface area contributed by atoms with Crippen LogP contribution in [0, 0.1) is 0 Å². The Hall–Kier alpha value is -1.27. The highest BCUT2D eigenvalue weighted by atomic mass is 35.7. The van der Waals surface area contributed by atoms with E-state index in [2.05, 4.69) is 0 Å². The number of carbonyl (C=O) groups is 1. The SMILES string of the molecule is CN(C(=O)OCc1ccccc1)C1(CS(=O)(=O)Cl)CCCC1. The summed E-state index contributed by atoms with van der Waals surface area (Å²) in [6.07, 6.45) is 2.48. The molecule has 0 unspecified atom stereocenters. The zero-order valence-corrected chi connectivity index (χ0v) is 14.1. The molecule has 5 nitrogen and oxygen atoms in total. The Morgan fingerprint density at radius 2 is 1.86 bits per heavy atom. The van der Waals surface area contributed by atoms with E-state index in [1.54, 1.807) is 7.05 Å². The summed E-state index contributed by atoms with van der Waals surface area (Å²) in [7, 11) is 3.31. The molecule has 2 rings (SSSR count). The maximum atomic E-state index is 12.3. The summed E-state index contributed by atoms with van der Waals surface area (Å²) >= 11 is 0. The van der Waals surface area contributed by atoms with Crippen molar-refractivity contribution in [1.82, 2.24) is 4.90 Å². The van der Waals surface area contributed by atoms with Gasteiger partial charge in [-0.1, -0.05) is 43.2 Å². The minimum atomic E-state index is -3.69. The normalized spacial score (nSPS) is 17.2. The summed E-state index contributed by atoms with van der Waals surface area (Å²) in [5.41, 5.74) is 0.128. The molecule has 22 heavy (non-hydrogen) atoms. The summed E-state index contributed by atoms with van der Waals surface area (Å²) in [5, 5.41) is 0. The molecule has 0 aromatic heterocycles. The largest absolute Gasteiger partial charge is 0.445 e. The predicted molar refractivity (Wildman–Crippen MR) is 85.2 cm³/mol. The van der Waals surface area contributed by atoms with Crippen molar-refractivity contribution in [1.29, 1.82) is 0 Å². The van der Waals surface area contributed by atoms with Gasteiger partial charge in [-0.2, -0.15) is 0 Å². The van der Waals surface area contributed by atoms with Gasteiger partial charge in [0, 0.05) is 17.7 Å². The fraction of sp³-hybridized carbons (Fsp3) is 0.533. The molecule has 0 aliphatic heterocycles. The van der Waals surface area contributed by atoms with Crippen molar-refractivity contribution >= 4 is 25.8 Å². The molecular weight excluding hydrogens is 326 g/mol. The monoisotopic (exact) mass is 345 g/mol. The van der Waals surface area contributed by atoms with Crippen molar-refractivity contribution in [3.63, 3.8) is 0 Å². The zero-order chi connectivity index (χ0) is 16.2. The van der Waals surface area contributed by atoms with Gasteiger partial charge in [-0.25, -0.2) is 13.2 Å². The molecule has 0 N–H and O–H groups in total. The number of benzene rings is 1. The standard InChI is InChI=1S/C15H20ClNO4S/c1-17(14(18)21-11-13-7-3-2-4-8-13)15(9-5-6-10-15)12-22(16,19)20/h2-4,7-8H,5-6,9-12H2,1H3. The molecule has 0 atom stereocenters. The summed E-state index contributed by atoms with van der Waals surface area (Å²) in [6, 6.07) is 9.34. The Morgan fingerprint density at radius 3 is 2.41 bits per heavy atom. The van der Waals surface area contributed by atoms with Crippen LogP contribution in [0.3, 0.4) is 0 Å². The van der Waals surface area contributed by atoms with Gasteiger partial charge in [-0.3, -0.25) is 0 Å². The van der Waals surface area contributed by atoms with E-state index in [9.17, 15) is 13.2 Å². The number of amides is 1. The number of nitrogens with zero attached hydrogens (tertiary/aromatic N) is 1. The van der Waals surface area contributed by atoms with Gasteiger partial charge in [0.15, 0.2) is 0 Å². The fourth-order valence-corrected chi connectivity index (χ4v) is 4.67. The number of hydrogen-bond acceptors (Lipinski definition) is 4. The quantitative estimate of drug-likeness (QED) is 0.769. The minimum Gasteiger partial charge on any atom is -0.445 e. The molecule has 0 bridgehead atoms. The molecule has 0 spiro atoms. The van der Waals surface area contributed by atoms with E-state index < -0.39 is 20.7 Å². The van der Waals surface area contributed by atoms with Crippen LogP contribution < -0.4 is 0 Å². The van der Waals surface area contributed by atoms with Crippen molar-refractivity contribution in [3.05, 3.63) is 35.9 Å². The van der Waals surface area contributed by atoms with Crippen LogP contribution in [0.4, 0.5) is 4.79 Å². The summed E-state index contributed by atoms with van der Waals surface area (Å²) < 4.78 is 28.3. The van der Waals surface area contributed by atoms with Gasteiger partial charge in [0.1, 0.15) is 6.61 Å². The highest BCUT2D eigenvalue weighted by Crippen LogP contribution is 2.36. The zero-order valence-electron chi connectivity index (χ0n) is 12.5. The van der Waals surface area contributed by atoms with Gasteiger partial charge in [-0.05, 0) is 18.4 Å². The van der Waals surface area contributed by atoms with E-state index in [1.807, 2.05) is 30.3 Å². The number of halogens is 1. The topological polar surface area (TPSA) is 63.7 Å². The first-order valence-corrected chi connectivity index (χ1v) is 9.67. The Kier molecular flexibility index (Phi) is 5.34. The smallest absolute Gasteiger partial charge is 0.410 e. The Balaban J connectivity index is 2.04. The van der Waals surface area contributed by atoms with Gasteiger partial charge in [0.25, 0.3) is 0 Å². The molecule has 0 radical (unpaired) electrons. The van der Waals surface area contributed by atoms with Crippen molar-refractivity contribution in [2.75, 3.05) is 12.8 Å². The van der Waals surface area contributed by atoms with Crippen LogP contribution in [-0.2, 0) is 20.4 Å². The average Bonchev–Trinajstić information content (AvgIpc) is 2.92. The Bertz CT molecular complexity index is 612. The van der Waals surface area contributed by atoms with E-state index in [4.69, 9.17) is 15.4 Å². The summed E-state index contributed by atoms with van der Waals surface area (Å²) in [4.78, 5) is 13.7. The van der Waals surface area contributed by atoms with Crippen LogP contribution in [0.5, 0.6) is 0 Å². The second kappa shape index (κ2) is 6.87. The molecule has 0 saturated heterocycles. The third-order valence-corrected chi connectivity index (χ3v) is 5.38. The molecule has 122 valence electrons. The second-order valence-electron chi connectivity index (χ2n) is 5.71. The third kappa shape index (κ3) is 4.36. The van der Waals surface area contributed by atoms with Crippen LogP contribution in [0.2, 0.25) is 0 Å². The van der Waals surface area contributed by atoms with E-state index >= 15 is 0 Å². The van der Waals surface area contributed by atoms with Gasteiger partial charge in [0.2, 0.25) is 9.05 Å². The average molecular weight is 346 g/mol. The number of ether oxygens (including phenoxy) is 1. The Labute approximate surface area is 135 Å². The summed E-state index contributed by atoms with van der Waals surface area (Å²) in [6.45, 7) is 0.160. The van der Waals surface area contributed by atoms with E-state index in [0.717, 1.165) is 18.4 Å².